The summed E-state index contributed by atoms with van der Waals surface area (Å²) in [6.45, 7) is 4.91. The van der Waals surface area contributed by atoms with Gasteiger partial charge in [0.1, 0.15) is 5.75 Å². The molecule has 1 N–H and O–H groups in total. The summed E-state index contributed by atoms with van der Waals surface area (Å²) in [6.07, 6.45) is 5.24. The molecular weight excluding hydrogens is 411 g/mol. The van der Waals surface area contributed by atoms with Crippen LogP contribution in [0.3, 0.4) is 0 Å². The Kier molecular flexibility index (Phi) is 3.47. The average Bonchev–Trinajstić information content (AvgIpc) is 2.94. The van der Waals surface area contributed by atoms with Gasteiger partial charge in [0.05, 0.1) is 10.5 Å². The number of hydrogen-bond acceptors (Lipinski definition) is 2. The normalized spacial score (nSPS) is 37.3. The number of nitrogens with one attached hydrogen (secondary N) is 1. The second-order valence-electron chi connectivity index (χ2n) is 7.92. The van der Waals surface area contributed by atoms with E-state index in [4.69, 9.17) is 4.74 Å². The van der Waals surface area contributed by atoms with Crippen LogP contribution in [0.25, 0.3) is 10.9 Å². The molecule has 128 valence electrons. The molecule has 4 aliphatic rings. The molecule has 1 aliphatic carbocycles. The van der Waals surface area contributed by atoms with Crippen LogP contribution in [0.4, 0.5) is 0 Å². The summed E-state index contributed by atoms with van der Waals surface area (Å²) >= 11 is 2.82. The lowest BCUT2D eigenvalue weighted by Crippen LogP contribution is -2.62. The number of halogens is 1. The third-order valence-electron chi connectivity index (χ3n) is 6.73. The zero-order valence-electron chi connectivity index (χ0n) is 14.4. The molecule has 6 rings (SSSR count). The summed E-state index contributed by atoms with van der Waals surface area (Å²) in [5.74, 6) is 2.68. The number of hydrogen-bond donors (Lipinski definition) is 1. The molecule has 1 aromatic heterocycles. The summed E-state index contributed by atoms with van der Waals surface area (Å²) in [5.41, 5.74) is 4.34. The molecule has 1 saturated carbocycles. The standard InChI is InChI=1S/C20H25IN2O/c1-3-13-8-12-10-20(21)18-15(6-7-23(11-12)19(13)20)16-9-14(24-2)4-5-17(16)22-18/h4-5,9,12-13,19,22H,3,6-8,10-11H2,1-2H3/t12?,13-,19?,20-/m0/s1. The molecule has 0 amide bonds. The van der Waals surface area contributed by atoms with Crippen molar-refractivity contribution < 1.29 is 4.74 Å². The van der Waals surface area contributed by atoms with Crippen molar-refractivity contribution in [1.82, 2.24) is 9.88 Å². The van der Waals surface area contributed by atoms with Gasteiger partial charge in [0, 0.05) is 35.7 Å². The van der Waals surface area contributed by atoms with Crippen LogP contribution in [0.2, 0.25) is 0 Å². The fourth-order valence-corrected chi connectivity index (χ4v) is 7.81. The van der Waals surface area contributed by atoms with Gasteiger partial charge in [-0.1, -0.05) is 35.9 Å². The van der Waals surface area contributed by atoms with E-state index in [0.717, 1.165) is 24.0 Å². The van der Waals surface area contributed by atoms with Crippen molar-refractivity contribution in [2.24, 2.45) is 11.8 Å². The van der Waals surface area contributed by atoms with Crippen LogP contribution in [0, 0.1) is 11.8 Å². The quantitative estimate of drug-likeness (QED) is 0.556. The van der Waals surface area contributed by atoms with E-state index in [2.05, 4.69) is 57.6 Å². The number of fused-ring (bicyclic) bond motifs is 4. The largest absolute Gasteiger partial charge is 0.497 e. The van der Waals surface area contributed by atoms with Crippen LogP contribution >= 0.6 is 22.6 Å². The topological polar surface area (TPSA) is 28.3 Å². The van der Waals surface area contributed by atoms with Gasteiger partial charge in [-0.2, -0.15) is 0 Å². The Morgan fingerprint density at radius 3 is 3.08 bits per heavy atom. The van der Waals surface area contributed by atoms with E-state index in [1.165, 1.54) is 48.9 Å². The van der Waals surface area contributed by atoms with Crippen LogP contribution in [0.5, 0.6) is 5.75 Å². The Bertz CT molecular complexity index is 800. The maximum atomic E-state index is 5.48. The van der Waals surface area contributed by atoms with Gasteiger partial charge in [0.15, 0.2) is 0 Å². The zero-order chi connectivity index (χ0) is 16.5. The van der Waals surface area contributed by atoms with Gasteiger partial charge < -0.3 is 9.72 Å². The second-order valence-corrected chi connectivity index (χ2v) is 9.84. The van der Waals surface area contributed by atoms with Gasteiger partial charge in [0.2, 0.25) is 0 Å². The first-order chi connectivity index (χ1) is 11.6. The minimum absolute atomic E-state index is 0.248. The molecule has 3 aliphatic heterocycles. The molecule has 4 heteroatoms. The SMILES string of the molecule is CC[C@H]1CC2CN3CCc4c([nH]c5ccc(OC)cc45)[C@@](I)(C2)C13. The van der Waals surface area contributed by atoms with Crippen molar-refractivity contribution in [1.29, 1.82) is 0 Å². The molecule has 4 heterocycles. The predicted octanol–water partition coefficient (Wildman–Crippen LogP) is 4.48. The van der Waals surface area contributed by atoms with Crippen molar-refractivity contribution in [3.05, 3.63) is 29.5 Å². The van der Waals surface area contributed by atoms with E-state index in [1.807, 2.05) is 0 Å². The number of rotatable bonds is 2. The molecule has 2 saturated heterocycles. The average molecular weight is 436 g/mol. The number of benzene rings is 1. The molecule has 0 spiro atoms. The summed E-state index contributed by atoms with van der Waals surface area (Å²) in [5, 5.41) is 1.37. The lowest BCUT2D eigenvalue weighted by Gasteiger charge is -2.57. The Morgan fingerprint density at radius 1 is 1.42 bits per heavy atom. The summed E-state index contributed by atoms with van der Waals surface area (Å²) < 4.78 is 5.73. The number of nitrogens with zero attached hydrogens (tertiary/aromatic N) is 1. The van der Waals surface area contributed by atoms with Crippen LogP contribution in [0.15, 0.2) is 18.2 Å². The number of aromatic amines is 1. The van der Waals surface area contributed by atoms with Gasteiger partial charge in [-0.25, -0.2) is 0 Å². The van der Waals surface area contributed by atoms with E-state index in [1.54, 1.807) is 12.7 Å². The number of ether oxygens (including phenoxy) is 1. The highest BCUT2D eigenvalue weighted by Crippen LogP contribution is 2.58. The zero-order valence-corrected chi connectivity index (χ0v) is 16.6. The number of aromatic nitrogens is 1. The fourth-order valence-electron chi connectivity index (χ4n) is 5.82. The smallest absolute Gasteiger partial charge is 0.119 e. The van der Waals surface area contributed by atoms with Gasteiger partial charge >= 0.3 is 0 Å². The highest BCUT2D eigenvalue weighted by molar-refractivity contribution is 14.1. The fraction of sp³-hybridized carbons (Fsp3) is 0.600. The molecule has 24 heavy (non-hydrogen) atoms. The monoisotopic (exact) mass is 436 g/mol. The first kappa shape index (κ1) is 15.5. The van der Waals surface area contributed by atoms with Crippen molar-refractivity contribution in [2.75, 3.05) is 20.2 Å². The summed E-state index contributed by atoms with van der Waals surface area (Å²) in [6, 6.07) is 7.19. The molecule has 3 unspecified atom stereocenters. The Morgan fingerprint density at radius 2 is 2.29 bits per heavy atom. The third-order valence-corrected chi connectivity index (χ3v) is 8.34. The summed E-state index contributed by atoms with van der Waals surface area (Å²) in [4.78, 5) is 6.66. The second kappa shape index (κ2) is 5.37. The number of methoxy groups -OCH3 is 1. The highest BCUT2D eigenvalue weighted by Gasteiger charge is 2.56. The minimum atomic E-state index is 0.248. The maximum Gasteiger partial charge on any atom is 0.119 e. The summed E-state index contributed by atoms with van der Waals surface area (Å²) in [7, 11) is 1.76. The highest BCUT2D eigenvalue weighted by atomic mass is 127. The van der Waals surface area contributed by atoms with E-state index >= 15 is 0 Å². The van der Waals surface area contributed by atoms with Gasteiger partial charge in [-0.3, -0.25) is 4.90 Å². The molecule has 3 fully saturated rings. The van der Waals surface area contributed by atoms with Gasteiger partial charge in [0.25, 0.3) is 0 Å². The van der Waals surface area contributed by atoms with E-state index in [-0.39, 0.29) is 3.42 Å². The van der Waals surface area contributed by atoms with E-state index in [9.17, 15) is 0 Å². The first-order valence-corrected chi connectivity index (χ1v) is 10.3. The molecular formula is C20H25IN2O. The predicted molar refractivity (Wildman–Crippen MR) is 106 cm³/mol. The third kappa shape index (κ3) is 1.99. The molecule has 2 aromatic rings. The Hall–Kier alpha value is -0.750. The molecule has 5 atom stereocenters. The Labute approximate surface area is 157 Å². The van der Waals surface area contributed by atoms with E-state index < -0.39 is 0 Å². The molecule has 3 nitrogen and oxygen atoms in total. The van der Waals surface area contributed by atoms with Crippen molar-refractivity contribution in [3.8, 4) is 5.75 Å². The van der Waals surface area contributed by atoms with Crippen LogP contribution in [-0.2, 0) is 9.84 Å². The van der Waals surface area contributed by atoms with E-state index in [0.29, 0.717) is 6.04 Å². The first-order valence-electron chi connectivity index (χ1n) is 9.26. The number of alkyl halides is 1. The Balaban J connectivity index is 1.72. The molecule has 0 radical (unpaired) electrons. The molecule has 1 aromatic carbocycles. The number of H-pyrrole nitrogens is 1. The van der Waals surface area contributed by atoms with Crippen LogP contribution in [-0.4, -0.2) is 36.1 Å². The van der Waals surface area contributed by atoms with Crippen LogP contribution < -0.4 is 4.74 Å². The van der Waals surface area contributed by atoms with Crippen molar-refractivity contribution in [3.63, 3.8) is 0 Å². The van der Waals surface area contributed by atoms with Crippen molar-refractivity contribution in [2.45, 2.75) is 42.1 Å². The lowest BCUT2D eigenvalue weighted by molar-refractivity contribution is -0.0197. The molecule has 4 bridgehead atoms. The van der Waals surface area contributed by atoms with Crippen molar-refractivity contribution >= 4 is 33.5 Å². The lowest BCUT2D eigenvalue weighted by atomic mass is 9.65. The van der Waals surface area contributed by atoms with Crippen LogP contribution in [0.1, 0.15) is 37.4 Å². The van der Waals surface area contributed by atoms with Gasteiger partial charge in [-0.15, -0.1) is 0 Å². The maximum absolute atomic E-state index is 5.48. The minimum Gasteiger partial charge on any atom is -0.497 e. The number of piperidine rings is 2. The van der Waals surface area contributed by atoms with Gasteiger partial charge in [-0.05, 0) is 54.9 Å².